The number of Topliss-reactive ketones (excluding diaryl/α,β-unsaturated/α-hetero) is 1. The number of anilines is 1. The molecule has 1 aromatic carbocycles. The van der Waals surface area contributed by atoms with Crippen molar-refractivity contribution in [1.29, 1.82) is 0 Å². The molecule has 0 aliphatic heterocycles. The summed E-state index contributed by atoms with van der Waals surface area (Å²) in [7, 11) is 0. The number of carbonyl (C=O) groups is 2. The van der Waals surface area contributed by atoms with Crippen LogP contribution in [0, 0.1) is 0 Å². The summed E-state index contributed by atoms with van der Waals surface area (Å²) in [5.74, 6) is 0.803. The average molecular weight is 316 g/mol. The molecule has 1 aromatic heterocycles. The average Bonchev–Trinajstić information content (AvgIpc) is 3.05. The standard InChI is InChI=1S/C17H20N2O4/c1-2-4-15(20)12-6-7-16(14(18)9-12)23-11-17(21)19-10-13-5-3-8-22-13/h3,5-9H,2,4,10-11,18H2,1H3,(H,19,21). The lowest BCUT2D eigenvalue weighted by atomic mass is 10.1. The van der Waals surface area contributed by atoms with E-state index in [4.69, 9.17) is 14.9 Å². The lowest BCUT2D eigenvalue weighted by Gasteiger charge is -2.10. The van der Waals surface area contributed by atoms with Gasteiger partial charge in [0.1, 0.15) is 11.5 Å². The maximum absolute atomic E-state index is 11.8. The zero-order valence-electron chi connectivity index (χ0n) is 13.0. The van der Waals surface area contributed by atoms with E-state index >= 15 is 0 Å². The molecule has 0 fully saturated rings. The number of furan rings is 1. The predicted molar refractivity (Wildman–Crippen MR) is 86.1 cm³/mol. The number of nitrogens with two attached hydrogens (primary N) is 1. The summed E-state index contributed by atoms with van der Waals surface area (Å²) in [6.07, 6.45) is 2.81. The van der Waals surface area contributed by atoms with Crippen LogP contribution in [-0.2, 0) is 11.3 Å². The summed E-state index contributed by atoms with van der Waals surface area (Å²) >= 11 is 0. The number of rotatable bonds is 8. The number of hydrogen-bond acceptors (Lipinski definition) is 5. The van der Waals surface area contributed by atoms with E-state index in [1.807, 2.05) is 6.92 Å². The van der Waals surface area contributed by atoms with Crippen LogP contribution in [0.1, 0.15) is 35.9 Å². The van der Waals surface area contributed by atoms with Crippen LogP contribution in [0.15, 0.2) is 41.0 Å². The van der Waals surface area contributed by atoms with Crippen molar-refractivity contribution < 1.29 is 18.7 Å². The number of hydrogen-bond donors (Lipinski definition) is 2. The third-order valence-corrected chi connectivity index (χ3v) is 3.21. The number of carbonyl (C=O) groups excluding carboxylic acids is 2. The molecule has 2 aromatic rings. The Balaban J connectivity index is 1.85. The number of ether oxygens (including phenoxy) is 1. The molecule has 2 rings (SSSR count). The quantitative estimate of drug-likeness (QED) is 0.576. The fourth-order valence-electron chi connectivity index (χ4n) is 2.02. The Morgan fingerprint density at radius 1 is 1.30 bits per heavy atom. The normalized spacial score (nSPS) is 10.3. The first-order valence-corrected chi connectivity index (χ1v) is 7.44. The molecule has 23 heavy (non-hydrogen) atoms. The van der Waals surface area contributed by atoms with Crippen molar-refractivity contribution in [3.05, 3.63) is 47.9 Å². The van der Waals surface area contributed by atoms with Crippen LogP contribution < -0.4 is 15.8 Å². The first-order valence-electron chi connectivity index (χ1n) is 7.44. The van der Waals surface area contributed by atoms with Crippen LogP contribution in [0.2, 0.25) is 0 Å². The zero-order chi connectivity index (χ0) is 16.7. The van der Waals surface area contributed by atoms with Crippen molar-refractivity contribution in [3.63, 3.8) is 0 Å². The van der Waals surface area contributed by atoms with Crippen molar-refractivity contribution in [1.82, 2.24) is 5.32 Å². The van der Waals surface area contributed by atoms with Gasteiger partial charge in [-0.3, -0.25) is 9.59 Å². The largest absolute Gasteiger partial charge is 0.482 e. The molecule has 0 atom stereocenters. The molecular weight excluding hydrogens is 296 g/mol. The molecule has 0 unspecified atom stereocenters. The molecule has 0 bridgehead atoms. The Morgan fingerprint density at radius 3 is 2.78 bits per heavy atom. The smallest absolute Gasteiger partial charge is 0.258 e. The second-order valence-electron chi connectivity index (χ2n) is 5.07. The third-order valence-electron chi connectivity index (χ3n) is 3.21. The Labute approximate surface area is 134 Å². The maximum Gasteiger partial charge on any atom is 0.258 e. The summed E-state index contributed by atoms with van der Waals surface area (Å²) in [5, 5.41) is 2.67. The minimum atomic E-state index is -0.285. The number of amides is 1. The van der Waals surface area contributed by atoms with E-state index in [9.17, 15) is 9.59 Å². The van der Waals surface area contributed by atoms with E-state index in [0.29, 0.717) is 35.7 Å². The van der Waals surface area contributed by atoms with E-state index in [1.165, 1.54) is 0 Å². The summed E-state index contributed by atoms with van der Waals surface area (Å²) in [6, 6.07) is 8.36. The molecule has 0 spiro atoms. The molecule has 0 aliphatic rings. The Morgan fingerprint density at radius 2 is 2.13 bits per heavy atom. The summed E-state index contributed by atoms with van der Waals surface area (Å²) in [4.78, 5) is 23.5. The number of ketones is 1. The van der Waals surface area contributed by atoms with Gasteiger partial charge in [-0.05, 0) is 36.8 Å². The summed E-state index contributed by atoms with van der Waals surface area (Å²) < 4.78 is 10.5. The van der Waals surface area contributed by atoms with Crippen molar-refractivity contribution in [2.45, 2.75) is 26.3 Å². The van der Waals surface area contributed by atoms with Crippen molar-refractivity contribution >= 4 is 17.4 Å². The van der Waals surface area contributed by atoms with Crippen molar-refractivity contribution in [3.8, 4) is 5.75 Å². The van der Waals surface area contributed by atoms with Crippen LogP contribution in [0.4, 0.5) is 5.69 Å². The van der Waals surface area contributed by atoms with Crippen LogP contribution >= 0.6 is 0 Å². The van der Waals surface area contributed by atoms with E-state index in [-0.39, 0.29) is 18.3 Å². The highest BCUT2D eigenvalue weighted by molar-refractivity contribution is 5.97. The minimum Gasteiger partial charge on any atom is -0.482 e. The van der Waals surface area contributed by atoms with Gasteiger partial charge in [0.25, 0.3) is 5.91 Å². The van der Waals surface area contributed by atoms with Crippen LogP contribution in [0.25, 0.3) is 0 Å². The molecule has 0 aliphatic carbocycles. The number of benzene rings is 1. The minimum absolute atomic E-state index is 0.0435. The van der Waals surface area contributed by atoms with Crippen LogP contribution in [0.5, 0.6) is 5.75 Å². The number of nitrogens with one attached hydrogen (secondary N) is 1. The molecule has 122 valence electrons. The second kappa shape index (κ2) is 8.03. The van der Waals surface area contributed by atoms with Crippen molar-refractivity contribution in [2.24, 2.45) is 0 Å². The van der Waals surface area contributed by atoms with Gasteiger partial charge in [-0.15, -0.1) is 0 Å². The molecular formula is C17H20N2O4. The highest BCUT2D eigenvalue weighted by Gasteiger charge is 2.10. The first-order chi connectivity index (χ1) is 11.1. The SMILES string of the molecule is CCCC(=O)c1ccc(OCC(=O)NCc2ccco2)c(N)c1. The van der Waals surface area contributed by atoms with E-state index in [2.05, 4.69) is 5.32 Å². The van der Waals surface area contributed by atoms with Gasteiger partial charge in [0.2, 0.25) is 0 Å². The Bertz CT molecular complexity index is 665. The fourth-order valence-corrected chi connectivity index (χ4v) is 2.02. The van der Waals surface area contributed by atoms with Gasteiger partial charge < -0.3 is 20.2 Å². The molecule has 6 heteroatoms. The van der Waals surface area contributed by atoms with E-state index in [0.717, 1.165) is 6.42 Å². The summed E-state index contributed by atoms with van der Waals surface area (Å²) in [6.45, 7) is 2.09. The predicted octanol–water partition coefficient (Wildman–Crippen LogP) is 2.54. The monoisotopic (exact) mass is 316 g/mol. The molecule has 3 N–H and O–H groups in total. The molecule has 1 amide bonds. The second-order valence-corrected chi connectivity index (χ2v) is 5.07. The molecule has 1 heterocycles. The fraction of sp³-hybridized carbons (Fsp3) is 0.294. The Kier molecular flexibility index (Phi) is 5.80. The van der Waals surface area contributed by atoms with Gasteiger partial charge in [-0.2, -0.15) is 0 Å². The first kappa shape index (κ1) is 16.6. The molecule has 6 nitrogen and oxygen atoms in total. The van der Waals surface area contributed by atoms with E-state index < -0.39 is 0 Å². The van der Waals surface area contributed by atoms with Gasteiger partial charge in [0.05, 0.1) is 18.5 Å². The summed E-state index contributed by atoms with van der Waals surface area (Å²) in [5.41, 5.74) is 6.76. The highest BCUT2D eigenvalue weighted by Crippen LogP contribution is 2.23. The van der Waals surface area contributed by atoms with Gasteiger partial charge in [0.15, 0.2) is 12.4 Å². The lowest BCUT2D eigenvalue weighted by molar-refractivity contribution is -0.123. The molecule has 0 saturated heterocycles. The van der Waals surface area contributed by atoms with Gasteiger partial charge in [-0.25, -0.2) is 0 Å². The van der Waals surface area contributed by atoms with Gasteiger partial charge >= 0.3 is 0 Å². The maximum atomic E-state index is 11.8. The van der Waals surface area contributed by atoms with Gasteiger partial charge in [0, 0.05) is 12.0 Å². The van der Waals surface area contributed by atoms with E-state index in [1.54, 1.807) is 36.6 Å². The van der Waals surface area contributed by atoms with Crippen LogP contribution in [0.3, 0.4) is 0 Å². The molecule has 0 radical (unpaired) electrons. The Hall–Kier alpha value is -2.76. The molecule has 0 saturated carbocycles. The van der Waals surface area contributed by atoms with Crippen molar-refractivity contribution in [2.75, 3.05) is 12.3 Å². The number of nitrogen functional groups attached to an aromatic ring is 1. The van der Waals surface area contributed by atoms with Crippen LogP contribution in [-0.4, -0.2) is 18.3 Å². The lowest BCUT2D eigenvalue weighted by Crippen LogP contribution is -2.28. The zero-order valence-corrected chi connectivity index (χ0v) is 13.0. The highest BCUT2D eigenvalue weighted by atomic mass is 16.5. The third kappa shape index (κ3) is 4.88. The van der Waals surface area contributed by atoms with Gasteiger partial charge in [-0.1, -0.05) is 6.92 Å². The topological polar surface area (TPSA) is 94.6 Å².